The molecular weight excluding hydrogens is 362 g/mol. The molecule has 0 spiro atoms. The molecule has 1 aromatic carbocycles. The molecule has 0 aromatic heterocycles. The van der Waals surface area contributed by atoms with Gasteiger partial charge in [-0.3, -0.25) is 14.5 Å². The van der Waals surface area contributed by atoms with Crippen molar-refractivity contribution in [3.63, 3.8) is 0 Å². The summed E-state index contributed by atoms with van der Waals surface area (Å²) < 4.78 is 10.9. The maximum absolute atomic E-state index is 12.5. The largest absolute Gasteiger partial charge is 0.497 e. The van der Waals surface area contributed by atoms with Crippen molar-refractivity contribution in [3.05, 3.63) is 28.7 Å². The van der Waals surface area contributed by atoms with E-state index in [1.54, 1.807) is 26.4 Å². The Kier molecular flexibility index (Phi) is 6.83. The number of aliphatic carboxylic acids is 1. The van der Waals surface area contributed by atoms with Gasteiger partial charge in [0.2, 0.25) is 0 Å². The predicted octanol–water partition coefficient (Wildman–Crippen LogP) is 3.16. The maximum atomic E-state index is 12.5. The molecule has 1 fully saturated rings. The molecule has 134 valence electrons. The van der Waals surface area contributed by atoms with Gasteiger partial charge in [-0.1, -0.05) is 24.0 Å². The van der Waals surface area contributed by atoms with Crippen LogP contribution in [0.3, 0.4) is 0 Å². The number of thiocarbonyl (C=S) groups is 1. The molecule has 1 saturated heterocycles. The Hall–Kier alpha value is -2.06. The number of carboxylic acid groups (broad SMARTS) is 1. The first-order valence-electron chi connectivity index (χ1n) is 7.65. The molecule has 0 aliphatic carbocycles. The first-order valence-corrected chi connectivity index (χ1v) is 8.87. The van der Waals surface area contributed by atoms with Gasteiger partial charge in [0.15, 0.2) is 0 Å². The molecule has 0 saturated carbocycles. The summed E-state index contributed by atoms with van der Waals surface area (Å²) in [6.07, 6.45) is 2.95. The third kappa shape index (κ3) is 5.20. The van der Waals surface area contributed by atoms with E-state index in [1.807, 2.05) is 12.1 Å². The number of carboxylic acids is 1. The van der Waals surface area contributed by atoms with E-state index in [-0.39, 0.29) is 12.3 Å². The Morgan fingerprint density at radius 3 is 2.44 bits per heavy atom. The van der Waals surface area contributed by atoms with Gasteiger partial charge in [0.25, 0.3) is 5.91 Å². The minimum atomic E-state index is -0.836. The number of hydrogen-bond donors (Lipinski definition) is 1. The number of unbranched alkanes of at least 4 members (excludes halogenated alkanes) is 1. The minimum absolute atomic E-state index is 0.0915. The highest BCUT2D eigenvalue weighted by atomic mass is 32.2. The Morgan fingerprint density at radius 1 is 1.24 bits per heavy atom. The molecular formula is C17H19NO5S2. The summed E-state index contributed by atoms with van der Waals surface area (Å²) in [6, 6.07) is 5.37. The van der Waals surface area contributed by atoms with Crippen molar-refractivity contribution in [1.82, 2.24) is 4.90 Å². The molecule has 1 aliphatic heterocycles. The van der Waals surface area contributed by atoms with Crippen molar-refractivity contribution in [2.45, 2.75) is 19.3 Å². The highest BCUT2D eigenvalue weighted by molar-refractivity contribution is 8.26. The van der Waals surface area contributed by atoms with Gasteiger partial charge in [-0.25, -0.2) is 0 Å². The highest BCUT2D eigenvalue weighted by Gasteiger charge is 2.31. The zero-order chi connectivity index (χ0) is 18.4. The summed E-state index contributed by atoms with van der Waals surface area (Å²) in [7, 11) is 3.13. The number of nitrogens with zero attached hydrogens (tertiary/aromatic N) is 1. The second kappa shape index (κ2) is 8.87. The van der Waals surface area contributed by atoms with Gasteiger partial charge in [0.1, 0.15) is 15.8 Å². The fourth-order valence-electron chi connectivity index (χ4n) is 2.30. The number of hydrogen-bond acceptors (Lipinski definition) is 6. The third-order valence-corrected chi connectivity index (χ3v) is 4.95. The zero-order valence-corrected chi connectivity index (χ0v) is 15.6. The molecule has 0 atom stereocenters. The number of carbonyl (C=O) groups excluding carboxylic acids is 1. The molecule has 2 rings (SSSR count). The third-order valence-electron chi connectivity index (χ3n) is 3.57. The SMILES string of the molecule is COc1cc(/C=C2\SC(=S)N(CCCCC(=O)O)C2=O)cc(OC)c1. The number of carbonyl (C=O) groups is 2. The second-order valence-electron chi connectivity index (χ2n) is 5.33. The smallest absolute Gasteiger partial charge is 0.303 e. The van der Waals surface area contributed by atoms with E-state index in [0.29, 0.717) is 40.1 Å². The lowest BCUT2D eigenvalue weighted by Crippen LogP contribution is -2.29. The van der Waals surface area contributed by atoms with Crippen molar-refractivity contribution in [2.75, 3.05) is 20.8 Å². The second-order valence-corrected chi connectivity index (χ2v) is 7.01. The number of methoxy groups -OCH3 is 2. The van der Waals surface area contributed by atoms with Crippen molar-refractivity contribution >= 4 is 46.3 Å². The lowest BCUT2D eigenvalue weighted by atomic mass is 10.1. The van der Waals surface area contributed by atoms with E-state index < -0.39 is 5.97 Å². The van der Waals surface area contributed by atoms with Crippen LogP contribution in [0.4, 0.5) is 0 Å². The van der Waals surface area contributed by atoms with Gasteiger partial charge in [-0.05, 0) is 36.6 Å². The highest BCUT2D eigenvalue weighted by Crippen LogP contribution is 2.34. The fraction of sp³-hybridized carbons (Fsp3) is 0.353. The number of thioether (sulfide) groups is 1. The van der Waals surface area contributed by atoms with E-state index in [4.69, 9.17) is 26.8 Å². The summed E-state index contributed by atoms with van der Waals surface area (Å²) >= 11 is 6.51. The first-order chi connectivity index (χ1) is 11.9. The van der Waals surface area contributed by atoms with Gasteiger partial charge in [0, 0.05) is 19.0 Å². The Balaban J connectivity index is 2.10. The average Bonchev–Trinajstić information content (AvgIpc) is 2.85. The van der Waals surface area contributed by atoms with Crippen molar-refractivity contribution in [3.8, 4) is 11.5 Å². The summed E-state index contributed by atoms with van der Waals surface area (Å²) in [5.41, 5.74) is 0.780. The lowest BCUT2D eigenvalue weighted by Gasteiger charge is -2.13. The van der Waals surface area contributed by atoms with E-state index in [1.165, 1.54) is 16.7 Å². The number of amides is 1. The molecule has 1 heterocycles. The van der Waals surface area contributed by atoms with Gasteiger partial charge in [-0.2, -0.15) is 0 Å². The van der Waals surface area contributed by atoms with Crippen LogP contribution in [0.1, 0.15) is 24.8 Å². The molecule has 1 N–H and O–H groups in total. The molecule has 0 bridgehead atoms. The minimum Gasteiger partial charge on any atom is -0.497 e. The van der Waals surface area contributed by atoms with Crippen LogP contribution in [0.2, 0.25) is 0 Å². The van der Waals surface area contributed by atoms with Crippen LogP contribution < -0.4 is 9.47 Å². The van der Waals surface area contributed by atoms with Crippen LogP contribution in [0.25, 0.3) is 6.08 Å². The van der Waals surface area contributed by atoms with E-state index >= 15 is 0 Å². The lowest BCUT2D eigenvalue weighted by molar-refractivity contribution is -0.137. The van der Waals surface area contributed by atoms with Crippen LogP contribution >= 0.6 is 24.0 Å². The summed E-state index contributed by atoms with van der Waals surface area (Å²) in [4.78, 5) is 25.1. The molecule has 0 unspecified atom stereocenters. The fourth-order valence-corrected chi connectivity index (χ4v) is 3.61. The van der Waals surface area contributed by atoms with E-state index in [2.05, 4.69) is 0 Å². The molecule has 1 amide bonds. The van der Waals surface area contributed by atoms with Crippen LogP contribution in [0.5, 0.6) is 11.5 Å². The molecule has 8 heteroatoms. The standard InChI is InChI=1S/C17H19NO5S2/c1-22-12-7-11(8-13(10-12)23-2)9-14-16(21)18(17(24)25-14)6-4-3-5-15(19)20/h7-10H,3-6H2,1-2H3,(H,19,20)/b14-9-. The van der Waals surface area contributed by atoms with Crippen LogP contribution in [0, 0.1) is 0 Å². The topological polar surface area (TPSA) is 76.1 Å². The predicted molar refractivity (Wildman–Crippen MR) is 101 cm³/mol. The average molecular weight is 381 g/mol. The number of benzene rings is 1. The summed E-state index contributed by atoms with van der Waals surface area (Å²) in [5, 5.41) is 8.66. The molecule has 1 aromatic rings. The Labute approximate surface area is 155 Å². The maximum Gasteiger partial charge on any atom is 0.303 e. The molecule has 1 aliphatic rings. The van der Waals surface area contributed by atoms with E-state index in [0.717, 1.165) is 5.56 Å². The molecule has 25 heavy (non-hydrogen) atoms. The summed E-state index contributed by atoms with van der Waals surface area (Å²) in [6.45, 7) is 0.427. The normalized spacial score (nSPS) is 15.8. The molecule has 6 nitrogen and oxygen atoms in total. The Bertz CT molecular complexity index is 695. The molecule has 0 radical (unpaired) electrons. The van der Waals surface area contributed by atoms with Gasteiger partial charge < -0.3 is 14.6 Å². The first kappa shape index (κ1) is 19.3. The quantitative estimate of drug-likeness (QED) is 0.421. The summed E-state index contributed by atoms with van der Waals surface area (Å²) in [5.74, 6) is 0.272. The van der Waals surface area contributed by atoms with Crippen molar-refractivity contribution in [2.24, 2.45) is 0 Å². The number of rotatable bonds is 8. The van der Waals surface area contributed by atoms with Crippen LogP contribution in [-0.4, -0.2) is 47.0 Å². The van der Waals surface area contributed by atoms with Crippen molar-refractivity contribution in [1.29, 1.82) is 0 Å². The monoisotopic (exact) mass is 381 g/mol. The van der Waals surface area contributed by atoms with Gasteiger partial charge in [0.05, 0.1) is 19.1 Å². The van der Waals surface area contributed by atoms with Crippen molar-refractivity contribution < 1.29 is 24.2 Å². The van der Waals surface area contributed by atoms with Gasteiger partial charge >= 0.3 is 5.97 Å². The van der Waals surface area contributed by atoms with Crippen LogP contribution in [-0.2, 0) is 9.59 Å². The van der Waals surface area contributed by atoms with E-state index in [9.17, 15) is 9.59 Å². The van der Waals surface area contributed by atoms with Crippen LogP contribution in [0.15, 0.2) is 23.1 Å². The number of ether oxygens (including phenoxy) is 2. The zero-order valence-electron chi connectivity index (χ0n) is 14.0. The Morgan fingerprint density at radius 2 is 1.88 bits per heavy atom. The van der Waals surface area contributed by atoms with Gasteiger partial charge in [-0.15, -0.1) is 0 Å².